The molecule has 1 heterocycles. The average molecular weight is 309 g/mol. The molecule has 2 rings (SSSR count). The van der Waals surface area contributed by atoms with Crippen molar-refractivity contribution in [3.63, 3.8) is 0 Å². The number of nitrogens with two attached hydrogens (primary N) is 1. The second-order valence-electron chi connectivity index (χ2n) is 4.07. The van der Waals surface area contributed by atoms with Crippen molar-refractivity contribution in [3.05, 3.63) is 39.4 Å². The number of nitrogens with one attached hydrogen (secondary N) is 1. The van der Waals surface area contributed by atoms with E-state index in [0.29, 0.717) is 12.1 Å². The molecule has 1 unspecified atom stereocenters. The van der Waals surface area contributed by atoms with Crippen LogP contribution in [0.2, 0.25) is 0 Å². The maximum atomic E-state index is 13.4. The third-order valence-corrected chi connectivity index (χ3v) is 2.60. The fraction of sp³-hybridized carbons (Fsp3) is 0.364. The van der Waals surface area contributed by atoms with E-state index in [9.17, 15) is 27.7 Å². The lowest BCUT2D eigenvalue weighted by Gasteiger charge is -2.19. The Balaban J connectivity index is 0.000000270. The van der Waals surface area contributed by atoms with E-state index >= 15 is 0 Å². The largest absolute Gasteiger partial charge is 0.470 e. The third-order valence-electron chi connectivity index (χ3n) is 2.60. The number of nitro groups is 1. The summed E-state index contributed by atoms with van der Waals surface area (Å²) in [6, 6.07) is 4.63. The lowest BCUT2D eigenvalue weighted by molar-refractivity contribution is -0.386. The minimum Gasteiger partial charge on any atom is -0.362 e. The summed E-state index contributed by atoms with van der Waals surface area (Å²) >= 11 is 0. The molecular weight excluding hydrogens is 298 g/mol. The Hall–Kier alpha value is -2.23. The van der Waals surface area contributed by atoms with Gasteiger partial charge in [-0.05, 0) is 5.56 Å². The molecule has 1 aromatic carbocycles. The lowest BCUT2D eigenvalue weighted by Crippen LogP contribution is -2.30. The van der Waals surface area contributed by atoms with Gasteiger partial charge in [-0.2, -0.15) is 13.2 Å². The van der Waals surface area contributed by atoms with Gasteiger partial charge in [0.2, 0.25) is 0 Å². The summed E-state index contributed by atoms with van der Waals surface area (Å²) in [5.41, 5.74) is 4.60. The number of fused-ring (bicyclic) bond motifs is 1. The van der Waals surface area contributed by atoms with Gasteiger partial charge in [0.1, 0.15) is 6.17 Å². The van der Waals surface area contributed by atoms with Crippen LogP contribution in [0.5, 0.6) is 0 Å². The van der Waals surface area contributed by atoms with Crippen LogP contribution in [0.15, 0.2) is 18.2 Å². The number of hydrogen-bond donors (Lipinski definition) is 2. The van der Waals surface area contributed by atoms with Crippen LogP contribution in [-0.4, -0.2) is 23.6 Å². The van der Waals surface area contributed by atoms with Gasteiger partial charge in [-0.1, -0.05) is 12.1 Å². The number of nitro benzene ring substituents is 1. The SMILES string of the molecule is NC(=O)C(F)(F)F.O=[N+]([O-])c1cccc2c1C(F)CNC2. The van der Waals surface area contributed by atoms with Crippen LogP contribution < -0.4 is 11.1 Å². The van der Waals surface area contributed by atoms with Crippen molar-refractivity contribution in [2.45, 2.75) is 18.9 Å². The summed E-state index contributed by atoms with van der Waals surface area (Å²) < 4.78 is 45.5. The predicted octanol–water partition coefficient (Wildman–Crippen LogP) is 1.74. The molecule has 0 fully saturated rings. The number of rotatable bonds is 1. The summed E-state index contributed by atoms with van der Waals surface area (Å²) in [5.74, 6) is -2.26. The smallest absolute Gasteiger partial charge is 0.362 e. The molecule has 3 N–H and O–H groups in total. The first kappa shape index (κ1) is 16.8. The van der Waals surface area contributed by atoms with Crippen LogP contribution in [0.3, 0.4) is 0 Å². The van der Waals surface area contributed by atoms with E-state index in [1.807, 2.05) is 0 Å². The fourth-order valence-electron chi connectivity index (χ4n) is 1.71. The van der Waals surface area contributed by atoms with Crippen LogP contribution in [0, 0.1) is 10.1 Å². The quantitative estimate of drug-likeness (QED) is 0.469. The van der Waals surface area contributed by atoms with Crippen LogP contribution >= 0.6 is 0 Å². The molecule has 0 aliphatic carbocycles. The molecule has 0 radical (unpaired) electrons. The molecule has 0 aromatic heterocycles. The van der Waals surface area contributed by atoms with E-state index in [1.54, 1.807) is 12.1 Å². The normalized spacial score (nSPS) is 17.2. The highest BCUT2D eigenvalue weighted by atomic mass is 19.4. The van der Waals surface area contributed by atoms with E-state index in [4.69, 9.17) is 4.79 Å². The van der Waals surface area contributed by atoms with Gasteiger partial charge in [0.15, 0.2) is 0 Å². The van der Waals surface area contributed by atoms with Crippen molar-refractivity contribution in [1.82, 2.24) is 5.32 Å². The maximum absolute atomic E-state index is 13.4. The van der Waals surface area contributed by atoms with Gasteiger partial charge >= 0.3 is 12.1 Å². The highest BCUT2D eigenvalue weighted by Crippen LogP contribution is 2.32. The van der Waals surface area contributed by atoms with E-state index in [-0.39, 0.29) is 17.8 Å². The number of hydrogen-bond acceptors (Lipinski definition) is 4. The number of carbonyl (C=O) groups is 1. The fourth-order valence-corrected chi connectivity index (χ4v) is 1.71. The van der Waals surface area contributed by atoms with Crippen LogP contribution in [0.25, 0.3) is 0 Å². The summed E-state index contributed by atoms with van der Waals surface area (Å²) in [5, 5.41) is 13.5. The van der Waals surface area contributed by atoms with Gasteiger partial charge in [0.25, 0.3) is 5.69 Å². The highest BCUT2D eigenvalue weighted by Gasteiger charge is 2.35. The minimum absolute atomic E-state index is 0.114. The number of primary amides is 1. The van der Waals surface area contributed by atoms with Crippen LogP contribution in [0.4, 0.5) is 23.2 Å². The summed E-state index contributed by atoms with van der Waals surface area (Å²) in [6.45, 7) is 0.648. The van der Waals surface area contributed by atoms with E-state index in [2.05, 4.69) is 11.1 Å². The zero-order valence-electron chi connectivity index (χ0n) is 10.5. The van der Waals surface area contributed by atoms with Gasteiger partial charge in [-0.3, -0.25) is 14.9 Å². The van der Waals surface area contributed by atoms with Crippen molar-refractivity contribution in [2.75, 3.05) is 6.54 Å². The molecule has 1 aromatic rings. The highest BCUT2D eigenvalue weighted by molar-refractivity contribution is 5.79. The average Bonchev–Trinajstić information content (AvgIpc) is 2.38. The molecule has 0 saturated carbocycles. The standard InChI is InChI=1S/C9H9FN2O2.C2H2F3NO/c10-7-5-11-4-6-2-1-3-8(9(6)7)12(13)14;3-2(4,5)1(6)7/h1-3,7,11H,4-5H2;(H2,6,7). The second-order valence-corrected chi connectivity index (χ2v) is 4.07. The van der Waals surface area contributed by atoms with E-state index < -0.39 is 23.2 Å². The van der Waals surface area contributed by atoms with E-state index in [1.165, 1.54) is 6.07 Å². The molecule has 1 atom stereocenters. The van der Waals surface area contributed by atoms with Crippen molar-refractivity contribution < 1.29 is 27.3 Å². The first-order valence-electron chi connectivity index (χ1n) is 5.62. The zero-order chi connectivity index (χ0) is 16.2. The number of nitrogens with zero attached hydrogens (tertiary/aromatic N) is 1. The van der Waals surface area contributed by atoms with E-state index in [0.717, 1.165) is 0 Å². The number of carbonyl (C=O) groups excluding carboxylic acids is 1. The molecule has 1 amide bonds. The lowest BCUT2D eigenvalue weighted by atomic mass is 9.98. The van der Waals surface area contributed by atoms with Crippen molar-refractivity contribution in [3.8, 4) is 0 Å². The molecule has 0 saturated heterocycles. The topological polar surface area (TPSA) is 98.3 Å². The number of benzene rings is 1. The number of amides is 1. The Morgan fingerprint density at radius 2 is 2.00 bits per heavy atom. The Labute approximate surface area is 116 Å². The summed E-state index contributed by atoms with van der Waals surface area (Å²) in [4.78, 5) is 19.2. The molecule has 21 heavy (non-hydrogen) atoms. The minimum atomic E-state index is -4.86. The molecule has 0 spiro atoms. The Morgan fingerprint density at radius 3 is 2.48 bits per heavy atom. The zero-order valence-corrected chi connectivity index (χ0v) is 10.5. The predicted molar refractivity (Wildman–Crippen MR) is 63.9 cm³/mol. The monoisotopic (exact) mass is 309 g/mol. The summed E-state index contributed by atoms with van der Waals surface area (Å²) in [6.07, 6.45) is -6.14. The summed E-state index contributed by atoms with van der Waals surface area (Å²) in [7, 11) is 0. The Morgan fingerprint density at radius 1 is 1.43 bits per heavy atom. The Bertz CT molecular complexity index is 548. The van der Waals surface area contributed by atoms with Crippen LogP contribution in [0.1, 0.15) is 17.3 Å². The number of halogens is 4. The van der Waals surface area contributed by atoms with Gasteiger partial charge in [-0.25, -0.2) is 4.39 Å². The molecule has 1 aliphatic heterocycles. The molecule has 6 nitrogen and oxygen atoms in total. The molecule has 1 aliphatic rings. The molecule has 0 bridgehead atoms. The van der Waals surface area contributed by atoms with Gasteiger partial charge < -0.3 is 11.1 Å². The second kappa shape index (κ2) is 6.48. The van der Waals surface area contributed by atoms with Crippen molar-refractivity contribution in [1.29, 1.82) is 0 Å². The third kappa shape index (κ3) is 4.38. The van der Waals surface area contributed by atoms with Gasteiger partial charge in [0, 0.05) is 19.2 Å². The first-order valence-corrected chi connectivity index (χ1v) is 5.62. The molecule has 10 heteroatoms. The molecular formula is C11H11F4N3O3. The van der Waals surface area contributed by atoms with Crippen LogP contribution in [-0.2, 0) is 11.3 Å². The maximum Gasteiger partial charge on any atom is 0.470 e. The first-order chi connectivity index (χ1) is 9.64. The van der Waals surface area contributed by atoms with Crippen molar-refractivity contribution in [2.24, 2.45) is 5.73 Å². The van der Waals surface area contributed by atoms with Gasteiger partial charge in [0.05, 0.1) is 10.5 Å². The Kier molecular flexibility index (Phi) is 5.19. The van der Waals surface area contributed by atoms with Gasteiger partial charge in [-0.15, -0.1) is 0 Å². The van der Waals surface area contributed by atoms with Crippen molar-refractivity contribution >= 4 is 11.6 Å². The number of alkyl halides is 4. The molecule has 116 valence electrons.